The Morgan fingerprint density at radius 2 is 1.93 bits per heavy atom. The van der Waals surface area contributed by atoms with E-state index in [2.05, 4.69) is 30.5 Å². The molecule has 0 aliphatic heterocycles. The van der Waals surface area contributed by atoms with E-state index in [9.17, 15) is 4.79 Å². The first-order chi connectivity index (χ1) is 13.0. The van der Waals surface area contributed by atoms with Crippen LogP contribution in [-0.4, -0.2) is 50.5 Å². The van der Waals surface area contributed by atoms with Crippen molar-refractivity contribution in [1.82, 2.24) is 15.5 Å². The molecule has 0 unspecified atom stereocenters. The molecule has 0 heterocycles. The van der Waals surface area contributed by atoms with Gasteiger partial charge in [0.2, 0.25) is 0 Å². The summed E-state index contributed by atoms with van der Waals surface area (Å²) >= 11 is 0. The Kier molecular flexibility index (Phi) is 8.14. The molecule has 2 N–H and O–H groups in total. The van der Waals surface area contributed by atoms with E-state index < -0.39 is 0 Å². The first kappa shape index (κ1) is 21.3. The second kappa shape index (κ2) is 10.3. The van der Waals surface area contributed by atoms with Crippen molar-refractivity contribution in [2.24, 2.45) is 10.4 Å². The molecule has 27 heavy (non-hydrogen) atoms. The maximum absolute atomic E-state index is 12.1. The van der Waals surface area contributed by atoms with Crippen molar-refractivity contribution >= 4 is 11.9 Å². The highest BCUT2D eigenvalue weighted by Gasteiger charge is 2.31. The predicted octanol–water partition coefficient (Wildman–Crippen LogP) is 3.46. The third kappa shape index (κ3) is 6.26. The zero-order valence-corrected chi connectivity index (χ0v) is 17.5. The van der Waals surface area contributed by atoms with Crippen molar-refractivity contribution in [3.63, 3.8) is 0 Å². The third-order valence-electron chi connectivity index (χ3n) is 5.62. The minimum atomic E-state index is 0.0427. The number of guanidine groups is 1. The zero-order chi connectivity index (χ0) is 19.7. The number of amides is 1. The van der Waals surface area contributed by atoms with Gasteiger partial charge in [-0.3, -0.25) is 9.79 Å². The smallest absolute Gasteiger partial charge is 0.253 e. The Morgan fingerprint density at radius 1 is 1.19 bits per heavy atom. The number of carbonyl (C=O) groups is 1. The lowest BCUT2D eigenvalue weighted by molar-refractivity contribution is 0.0827. The van der Waals surface area contributed by atoms with E-state index in [0.717, 1.165) is 43.1 Å². The molecule has 1 saturated carbocycles. The lowest BCUT2D eigenvalue weighted by Gasteiger charge is -2.25. The number of aliphatic imine (C=N–C) groups is 1. The van der Waals surface area contributed by atoms with E-state index in [-0.39, 0.29) is 5.91 Å². The first-order valence-corrected chi connectivity index (χ1v) is 10.3. The van der Waals surface area contributed by atoms with Crippen molar-refractivity contribution in [3.8, 4) is 0 Å². The number of benzene rings is 1. The van der Waals surface area contributed by atoms with Gasteiger partial charge in [0.15, 0.2) is 5.96 Å². The van der Waals surface area contributed by atoms with Gasteiger partial charge in [-0.25, -0.2) is 0 Å². The molecule has 1 aliphatic rings. The van der Waals surface area contributed by atoms with Gasteiger partial charge < -0.3 is 15.5 Å². The Bertz CT molecular complexity index is 633. The van der Waals surface area contributed by atoms with Gasteiger partial charge in [0.05, 0.1) is 0 Å². The van der Waals surface area contributed by atoms with Crippen LogP contribution in [0.25, 0.3) is 0 Å². The van der Waals surface area contributed by atoms with Crippen LogP contribution in [0.3, 0.4) is 0 Å². The molecular weight excluding hydrogens is 336 g/mol. The molecule has 1 aromatic carbocycles. The number of nitrogens with one attached hydrogen (secondary N) is 2. The van der Waals surface area contributed by atoms with Crippen LogP contribution in [0.2, 0.25) is 0 Å². The summed E-state index contributed by atoms with van der Waals surface area (Å²) in [5.41, 5.74) is 2.31. The van der Waals surface area contributed by atoms with E-state index in [4.69, 9.17) is 4.99 Å². The van der Waals surface area contributed by atoms with Crippen LogP contribution in [0.15, 0.2) is 29.3 Å². The van der Waals surface area contributed by atoms with Gasteiger partial charge in [0, 0.05) is 39.3 Å². The number of hydrogen-bond acceptors (Lipinski definition) is 2. The Morgan fingerprint density at radius 3 is 2.56 bits per heavy atom. The van der Waals surface area contributed by atoms with Crippen LogP contribution in [0.5, 0.6) is 0 Å². The number of rotatable bonds is 8. The maximum Gasteiger partial charge on any atom is 0.253 e. The Hall–Kier alpha value is -2.04. The summed E-state index contributed by atoms with van der Waals surface area (Å²) in [6.07, 6.45) is 7.36. The minimum Gasteiger partial charge on any atom is -0.357 e. The molecule has 1 aliphatic carbocycles. The van der Waals surface area contributed by atoms with Gasteiger partial charge >= 0.3 is 0 Å². The fraction of sp³-hybridized carbons (Fsp3) is 0.636. The monoisotopic (exact) mass is 372 g/mol. The lowest BCUT2D eigenvalue weighted by Crippen LogP contribution is -2.39. The molecule has 5 heteroatoms. The fourth-order valence-electron chi connectivity index (χ4n) is 3.78. The average Bonchev–Trinajstić information content (AvgIpc) is 3.15. The molecule has 2 rings (SSSR count). The Labute approximate surface area is 164 Å². The van der Waals surface area contributed by atoms with E-state index in [0.29, 0.717) is 5.41 Å². The minimum absolute atomic E-state index is 0.0427. The molecular formula is C22H36N4O. The van der Waals surface area contributed by atoms with Crippen molar-refractivity contribution in [2.75, 3.05) is 33.7 Å². The van der Waals surface area contributed by atoms with Crippen LogP contribution in [0.4, 0.5) is 0 Å². The normalized spacial score (nSPS) is 16.2. The first-order valence-electron chi connectivity index (χ1n) is 10.3. The molecule has 1 fully saturated rings. The van der Waals surface area contributed by atoms with Gasteiger partial charge in [-0.1, -0.05) is 31.9 Å². The summed E-state index contributed by atoms with van der Waals surface area (Å²) in [5, 5.41) is 6.81. The maximum atomic E-state index is 12.1. The number of carbonyl (C=O) groups excluding carboxylic acids is 1. The summed E-state index contributed by atoms with van der Waals surface area (Å²) < 4.78 is 0. The topological polar surface area (TPSA) is 56.7 Å². The van der Waals surface area contributed by atoms with E-state index in [1.54, 1.807) is 19.0 Å². The summed E-state index contributed by atoms with van der Waals surface area (Å²) in [5.74, 6) is 0.943. The highest BCUT2D eigenvalue weighted by Crippen LogP contribution is 2.41. The van der Waals surface area contributed by atoms with Crippen molar-refractivity contribution in [1.29, 1.82) is 0 Å². The quantitative estimate of drug-likeness (QED) is 0.543. The molecule has 0 radical (unpaired) electrons. The second-order valence-corrected chi connectivity index (χ2v) is 7.83. The molecule has 1 amide bonds. The fourth-order valence-corrected chi connectivity index (χ4v) is 3.78. The number of hydrogen-bond donors (Lipinski definition) is 2. The summed E-state index contributed by atoms with van der Waals surface area (Å²) in [6, 6.07) is 7.88. The molecule has 0 atom stereocenters. The lowest BCUT2D eigenvalue weighted by atomic mass is 9.84. The van der Waals surface area contributed by atoms with Gasteiger partial charge in [-0.15, -0.1) is 0 Å². The average molecular weight is 373 g/mol. The van der Waals surface area contributed by atoms with Crippen LogP contribution in [0.1, 0.15) is 61.9 Å². The zero-order valence-electron chi connectivity index (χ0n) is 17.5. The summed E-state index contributed by atoms with van der Waals surface area (Å²) in [6.45, 7) is 6.95. The summed E-state index contributed by atoms with van der Waals surface area (Å²) in [7, 11) is 3.56. The van der Waals surface area contributed by atoms with Crippen LogP contribution < -0.4 is 10.6 Å². The third-order valence-corrected chi connectivity index (χ3v) is 5.62. The van der Waals surface area contributed by atoms with Crippen LogP contribution in [0, 0.1) is 5.41 Å². The molecule has 1 aromatic rings. The molecule has 150 valence electrons. The van der Waals surface area contributed by atoms with E-state index in [1.807, 2.05) is 18.2 Å². The molecule has 0 aromatic heterocycles. The molecule has 0 bridgehead atoms. The SMILES string of the molecule is CCNC(=NCC1(CC)CCCC1)NCCc1cccc(C(=O)N(C)C)c1. The van der Waals surface area contributed by atoms with Gasteiger partial charge in [-0.05, 0) is 55.7 Å². The highest BCUT2D eigenvalue weighted by molar-refractivity contribution is 5.94. The van der Waals surface area contributed by atoms with Gasteiger partial charge in [0.25, 0.3) is 5.91 Å². The van der Waals surface area contributed by atoms with Gasteiger partial charge in [0.1, 0.15) is 0 Å². The predicted molar refractivity (Wildman–Crippen MR) is 113 cm³/mol. The second-order valence-electron chi connectivity index (χ2n) is 7.83. The van der Waals surface area contributed by atoms with Crippen LogP contribution >= 0.6 is 0 Å². The molecule has 0 saturated heterocycles. The van der Waals surface area contributed by atoms with Crippen molar-refractivity contribution < 1.29 is 4.79 Å². The van der Waals surface area contributed by atoms with Crippen molar-refractivity contribution in [2.45, 2.75) is 52.4 Å². The van der Waals surface area contributed by atoms with E-state index in [1.165, 1.54) is 32.1 Å². The standard InChI is InChI=1S/C22H36N4O/c1-5-22(13-7-8-14-22)17-25-21(23-6-2)24-15-12-18-10-9-11-19(16-18)20(27)26(3)4/h9-11,16H,5-8,12-15,17H2,1-4H3,(H2,23,24,25). The molecule has 0 spiro atoms. The van der Waals surface area contributed by atoms with Crippen molar-refractivity contribution in [3.05, 3.63) is 35.4 Å². The Balaban J connectivity index is 1.91. The molecule has 5 nitrogen and oxygen atoms in total. The largest absolute Gasteiger partial charge is 0.357 e. The van der Waals surface area contributed by atoms with E-state index >= 15 is 0 Å². The summed E-state index contributed by atoms with van der Waals surface area (Å²) in [4.78, 5) is 18.6. The van der Waals surface area contributed by atoms with Crippen LogP contribution in [-0.2, 0) is 6.42 Å². The highest BCUT2D eigenvalue weighted by atomic mass is 16.2. The van der Waals surface area contributed by atoms with Gasteiger partial charge in [-0.2, -0.15) is 0 Å². The number of nitrogens with zero attached hydrogens (tertiary/aromatic N) is 2.